The molecule has 0 fully saturated rings. The van der Waals surface area contributed by atoms with Gasteiger partial charge in [-0.2, -0.15) is 0 Å². The summed E-state index contributed by atoms with van der Waals surface area (Å²) in [5.74, 6) is 0. The molecule has 0 aromatic carbocycles. The van der Waals surface area contributed by atoms with Gasteiger partial charge in [-0.15, -0.1) is 6.58 Å². The Labute approximate surface area is 75.7 Å². The smallest absolute Gasteiger partial charge is 0.377 e. The van der Waals surface area contributed by atoms with Gasteiger partial charge in [0.25, 0.3) is 0 Å². The van der Waals surface area contributed by atoms with Gasteiger partial charge in [0.1, 0.15) is 0 Å². The minimum absolute atomic E-state index is 0.259. The van der Waals surface area contributed by atoms with Gasteiger partial charge in [0.15, 0.2) is 0 Å². The third-order valence-electron chi connectivity index (χ3n) is 1.98. The van der Waals surface area contributed by atoms with Crippen molar-refractivity contribution in [3.8, 4) is 0 Å². The van der Waals surface area contributed by atoms with E-state index in [2.05, 4.69) is 6.58 Å². The molecule has 0 aromatic rings. The van der Waals surface area contributed by atoms with Crippen LogP contribution < -0.4 is 0 Å². The zero-order valence-corrected chi connectivity index (χ0v) is 9.29. The Morgan fingerprint density at radius 3 is 1.92 bits per heavy atom. The number of rotatable bonds is 6. The van der Waals surface area contributed by atoms with Gasteiger partial charge in [-0.1, -0.05) is 13.0 Å². The Morgan fingerprint density at radius 1 is 1.25 bits per heavy atom. The van der Waals surface area contributed by atoms with Crippen LogP contribution in [-0.2, 0) is 13.3 Å². The standard InChI is InChI=1S/C8H18O3Si/c1-6-7-8(2)12(9-3,10-4)11-5/h6,8H,1,7H2,2-5H3. The summed E-state index contributed by atoms with van der Waals surface area (Å²) in [6, 6.07) is 0. The molecule has 0 amide bonds. The Morgan fingerprint density at radius 2 is 1.67 bits per heavy atom. The van der Waals surface area contributed by atoms with Crippen molar-refractivity contribution < 1.29 is 13.3 Å². The van der Waals surface area contributed by atoms with Crippen molar-refractivity contribution in [3.63, 3.8) is 0 Å². The molecule has 72 valence electrons. The lowest BCUT2D eigenvalue weighted by atomic mass is 10.3. The maximum absolute atomic E-state index is 5.30. The quantitative estimate of drug-likeness (QED) is 0.472. The highest BCUT2D eigenvalue weighted by molar-refractivity contribution is 6.62. The molecule has 0 aromatic heterocycles. The molecule has 0 aliphatic rings. The molecule has 0 N–H and O–H groups in total. The molecule has 0 spiro atoms. The highest BCUT2D eigenvalue weighted by Gasteiger charge is 2.43. The summed E-state index contributed by atoms with van der Waals surface area (Å²) in [6.45, 7) is 5.72. The molecule has 0 aliphatic carbocycles. The molecule has 0 saturated carbocycles. The van der Waals surface area contributed by atoms with Crippen LogP contribution in [0.1, 0.15) is 13.3 Å². The van der Waals surface area contributed by atoms with Crippen LogP contribution in [0.4, 0.5) is 0 Å². The molecule has 1 unspecified atom stereocenters. The zero-order valence-electron chi connectivity index (χ0n) is 8.29. The number of hydrogen-bond acceptors (Lipinski definition) is 3. The van der Waals surface area contributed by atoms with Crippen LogP contribution in [0.15, 0.2) is 12.7 Å². The minimum atomic E-state index is -2.41. The summed E-state index contributed by atoms with van der Waals surface area (Å²) >= 11 is 0. The van der Waals surface area contributed by atoms with E-state index >= 15 is 0 Å². The predicted molar refractivity (Wildman–Crippen MR) is 51.0 cm³/mol. The molecule has 3 nitrogen and oxygen atoms in total. The van der Waals surface area contributed by atoms with E-state index in [1.54, 1.807) is 21.3 Å². The first-order valence-corrected chi connectivity index (χ1v) is 5.73. The minimum Gasteiger partial charge on any atom is -0.377 e. The average Bonchev–Trinajstić information content (AvgIpc) is 2.09. The van der Waals surface area contributed by atoms with E-state index in [1.807, 2.05) is 13.0 Å². The fraction of sp³-hybridized carbons (Fsp3) is 0.750. The first kappa shape index (κ1) is 11.8. The van der Waals surface area contributed by atoms with Gasteiger partial charge in [0.05, 0.1) is 0 Å². The van der Waals surface area contributed by atoms with Crippen LogP contribution >= 0.6 is 0 Å². The summed E-state index contributed by atoms with van der Waals surface area (Å²) in [7, 11) is 2.46. The summed E-state index contributed by atoms with van der Waals surface area (Å²) in [5, 5.41) is 0. The topological polar surface area (TPSA) is 27.7 Å². The van der Waals surface area contributed by atoms with E-state index in [9.17, 15) is 0 Å². The molecular weight excluding hydrogens is 172 g/mol. The van der Waals surface area contributed by atoms with Crippen LogP contribution in [0.5, 0.6) is 0 Å². The van der Waals surface area contributed by atoms with Gasteiger partial charge in [0, 0.05) is 26.9 Å². The second kappa shape index (κ2) is 5.48. The van der Waals surface area contributed by atoms with E-state index < -0.39 is 8.80 Å². The lowest BCUT2D eigenvalue weighted by Crippen LogP contribution is -2.46. The maximum atomic E-state index is 5.30. The molecular formula is C8H18O3Si. The first-order valence-electron chi connectivity index (χ1n) is 3.93. The lowest BCUT2D eigenvalue weighted by molar-refractivity contribution is 0.113. The summed E-state index contributed by atoms with van der Waals surface area (Å²) in [6.07, 6.45) is 2.70. The van der Waals surface area contributed by atoms with Crippen molar-refractivity contribution in [1.82, 2.24) is 0 Å². The summed E-state index contributed by atoms with van der Waals surface area (Å²) in [5.41, 5.74) is 0.259. The third kappa shape index (κ3) is 2.41. The van der Waals surface area contributed by atoms with Gasteiger partial charge in [-0.25, -0.2) is 0 Å². The number of allylic oxidation sites excluding steroid dienone is 1. The summed E-state index contributed by atoms with van der Waals surface area (Å²) in [4.78, 5) is 0. The average molecular weight is 190 g/mol. The molecule has 4 heteroatoms. The molecule has 0 bridgehead atoms. The van der Waals surface area contributed by atoms with Crippen molar-refractivity contribution in [2.75, 3.05) is 21.3 Å². The van der Waals surface area contributed by atoms with Crippen LogP contribution in [0.25, 0.3) is 0 Å². The second-order valence-corrected chi connectivity index (χ2v) is 6.06. The van der Waals surface area contributed by atoms with Crippen LogP contribution in [0.3, 0.4) is 0 Å². The van der Waals surface area contributed by atoms with E-state index in [4.69, 9.17) is 13.3 Å². The Kier molecular flexibility index (Phi) is 5.40. The summed E-state index contributed by atoms with van der Waals surface area (Å²) < 4.78 is 15.9. The predicted octanol–water partition coefficient (Wildman–Crippen LogP) is 1.83. The zero-order chi connectivity index (χ0) is 9.61. The molecule has 0 radical (unpaired) electrons. The van der Waals surface area contributed by atoms with E-state index in [0.717, 1.165) is 6.42 Å². The van der Waals surface area contributed by atoms with Crippen LogP contribution in [0, 0.1) is 0 Å². The normalized spacial score (nSPS) is 14.3. The molecule has 12 heavy (non-hydrogen) atoms. The second-order valence-electron chi connectivity index (χ2n) is 2.64. The highest BCUT2D eigenvalue weighted by Crippen LogP contribution is 2.26. The highest BCUT2D eigenvalue weighted by atomic mass is 28.4. The van der Waals surface area contributed by atoms with Crippen LogP contribution in [0.2, 0.25) is 5.54 Å². The molecule has 0 saturated heterocycles. The van der Waals surface area contributed by atoms with Gasteiger partial charge in [-0.3, -0.25) is 0 Å². The maximum Gasteiger partial charge on any atom is 0.503 e. The van der Waals surface area contributed by atoms with Crippen molar-refractivity contribution in [2.24, 2.45) is 0 Å². The van der Waals surface area contributed by atoms with Gasteiger partial charge in [-0.05, 0) is 6.42 Å². The molecule has 0 aliphatic heterocycles. The Hall–Kier alpha value is -0.163. The van der Waals surface area contributed by atoms with Crippen molar-refractivity contribution >= 4 is 8.80 Å². The number of hydrogen-bond donors (Lipinski definition) is 0. The van der Waals surface area contributed by atoms with Crippen LogP contribution in [-0.4, -0.2) is 30.1 Å². The molecule has 0 rings (SSSR count). The van der Waals surface area contributed by atoms with Crippen molar-refractivity contribution in [1.29, 1.82) is 0 Å². The largest absolute Gasteiger partial charge is 0.503 e. The van der Waals surface area contributed by atoms with Gasteiger partial charge < -0.3 is 13.3 Å². The van der Waals surface area contributed by atoms with Gasteiger partial charge >= 0.3 is 8.80 Å². The SMILES string of the molecule is C=CCC(C)[Si](OC)(OC)OC. The molecule has 0 heterocycles. The fourth-order valence-corrected chi connectivity index (χ4v) is 3.41. The lowest BCUT2D eigenvalue weighted by Gasteiger charge is -2.29. The fourth-order valence-electron chi connectivity index (χ4n) is 1.25. The molecule has 1 atom stereocenters. The first-order chi connectivity index (χ1) is 5.66. The van der Waals surface area contributed by atoms with E-state index in [0.29, 0.717) is 0 Å². The Balaban J connectivity index is 4.34. The van der Waals surface area contributed by atoms with Crippen molar-refractivity contribution in [3.05, 3.63) is 12.7 Å². The third-order valence-corrected chi connectivity index (χ3v) is 5.13. The van der Waals surface area contributed by atoms with Crippen molar-refractivity contribution in [2.45, 2.75) is 18.9 Å². The Bertz CT molecular complexity index is 126. The van der Waals surface area contributed by atoms with Gasteiger partial charge in [0.2, 0.25) is 0 Å². The van der Waals surface area contributed by atoms with E-state index in [-0.39, 0.29) is 5.54 Å². The monoisotopic (exact) mass is 190 g/mol. The van der Waals surface area contributed by atoms with E-state index in [1.165, 1.54) is 0 Å².